The Labute approximate surface area is 84.7 Å². The van der Waals surface area contributed by atoms with Gasteiger partial charge in [-0.1, -0.05) is 38.0 Å². The smallest absolute Gasteiger partial charge is 0.211 e. The summed E-state index contributed by atoms with van der Waals surface area (Å²) < 4.78 is 0. The Morgan fingerprint density at radius 3 is 2.79 bits per heavy atom. The standard InChI is InChI=1S/C12H15NO/c1-2-3-4-7-11-8-5-6-9-12(11)13-10-14/h5-6,8-9H,2-4,7H2,1H3. The first-order chi connectivity index (χ1) is 6.88. The molecule has 0 spiro atoms. The van der Waals surface area contributed by atoms with E-state index in [4.69, 9.17) is 0 Å². The van der Waals surface area contributed by atoms with Crippen molar-refractivity contribution in [3.63, 3.8) is 0 Å². The Kier molecular flexibility index (Phi) is 4.66. The van der Waals surface area contributed by atoms with E-state index in [2.05, 4.69) is 11.9 Å². The molecule has 0 aliphatic heterocycles. The molecule has 0 saturated heterocycles. The highest BCUT2D eigenvalue weighted by Crippen LogP contribution is 2.20. The van der Waals surface area contributed by atoms with Crippen molar-refractivity contribution in [2.45, 2.75) is 32.6 Å². The van der Waals surface area contributed by atoms with Gasteiger partial charge < -0.3 is 0 Å². The SMILES string of the molecule is CCCCCc1ccccc1N=C=O. The molecule has 0 aromatic heterocycles. The zero-order chi connectivity index (χ0) is 10.2. The second kappa shape index (κ2) is 6.11. The number of hydrogen-bond donors (Lipinski definition) is 0. The van der Waals surface area contributed by atoms with E-state index in [1.54, 1.807) is 6.08 Å². The van der Waals surface area contributed by atoms with Gasteiger partial charge in [-0.25, -0.2) is 4.79 Å². The number of rotatable bonds is 5. The van der Waals surface area contributed by atoms with Crippen LogP contribution in [0.4, 0.5) is 5.69 Å². The lowest BCUT2D eigenvalue weighted by molar-refractivity contribution is 0.565. The molecule has 0 heterocycles. The highest BCUT2D eigenvalue weighted by molar-refractivity contribution is 5.53. The molecule has 0 aliphatic rings. The second-order valence-electron chi connectivity index (χ2n) is 3.29. The monoisotopic (exact) mass is 189 g/mol. The normalized spacial score (nSPS) is 9.50. The minimum absolute atomic E-state index is 0.763. The predicted octanol–water partition coefficient (Wildman–Crippen LogP) is 3.39. The zero-order valence-corrected chi connectivity index (χ0v) is 8.49. The van der Waals surface area contributed by atoms with Crippen LogP contribution in [0, 0.1) is 0 Å². The van der Waals surface area contributed by atoms with Gasteiger partial charge in [0.25, 0.3) is 0 Å². The van der Waals surface area contributed by atoms with Crippen LogP contribution in [-0.4, -0.2) is 6.08 Å². The summed E-state index contributed by atoms with van der Waals surface area (Å²) in [5.41, 5.74) is 1.91. The van der Waals surface area contributed by atoms with Crippen molar-refractivity contribution < 1.29 is 4.79 Å². The third-order valence-electron chi connectivity index (χ3n) is 2.21. The van der Waals surface area contributed by atoms with Crippen LogP contribution in [0.1, 0.15) is 31.7 Å². The summed E-state index contributed by atoms with van der Waals surface area (Å²) >= 11 is 0. The third-order valence-corrected chi connectivity index (χ3v) is 2.21. The van der Waals surface area contributed by atoms with Crippen LogP contribution in [0.25, 0.3) is 0 Å². The van der Waals surface area contributed by atoms with E-state index in [1.807, 2.05) is 24.3 Å². The van der Waals surface area contributed by atoms with Gasteiger partial charge in [0, 0.05) is 0 Å². The Morgan fingerprint density at radius 1 is 1.29 bits per heavy atom. The quantitative estimate of drug-likeness (QED) is 0.396. The van der Waals surface area contributed by atoms with Crippen molar-refractivity contribution in [2.75, 3.05) is 0 Å². The second-order valence-corrected chi connectivity index (χ2v) is 3.29. The first-order valence-electron chi connectivity index (χ1n) is 5.04. The summed E-state index contributed by atoms with van der Waals surface area (Å²) in [7, 11) is 0. The van der Waals surface area contributed by atoms with E-state index in [1.165, 1.54) is 12.8 Å². The molecule has 0 bridgehead atoms. The largest absolute Gasteiger partial charge is 0.240 e. The molecule has 0 aliphatic carbocycles. The Balaban J connectivity index is 2.69. The summed E-state index contributed by atoms with van der Waals surface area (Å²) in [5.74, 6) is 0. The third kappa shape index (κ3) is 3.15. The van der Waals surface area contributed by atoms with E-state index in [9.17, 15) is 4.79 Å². The fourth-order valence-electron chi connectivity index (χ4n) is 1.45. The number of unbranched alkanes of at least 4 members (excludes halogenated alkanes) is 2. The molecule has 14 heavy (non-hydrogen) atoms. The molecule has 1 rings (SSSR count). The molecule has 0 unspecified atom stereocenters. The summed E-state index contributed by atoms with van der Waals surface area (Å²) in [6.45, 7) is 2.18. The zero-order valence-electron chi connectivity index (χ0n) is 8.49. The fraction of sp³-hybridized carbons (Fsp3) is 0.417. The molecule has 1 aromatic rings. The van der Waals surface area contributed by atoms with Gasteiger partial charge in [-0.05, 0) is 24.5 Å². The minimum atomic E-state index is 0.763. The molecule has 0 fully saturated rings. The van der Waals surface area contributed by atoms with Crippen LogP contribution in [0.15, 0.2) is 29.3 Å². The topological polar surface area (TPSA) is 29.4 Å². The van der Waals surface area contributed by atoms with Crippen molar-refractivity contribution in [3.05, 3.63) is 29.8 Å². The fourth-order valence-corrected chi connectivity index (χ4v) is 1.45. The Bertz CT molecular complexity index is 327. The Morgan fingerprint density at radius 2 is 2.07 bits per heavy atom. The number of carbonyl (C=O) groups excluding carboxylic acids is 1. The Hall–Kier alpha value is -1.40. The molecule has 0 atom stereocenters. The van der Waals surface area contributed by atoms with E-state index < -0.39 is 0 Å². The lowest BCUT2D eigenvalue weighted by Gasteiger charge is -2.02. The number of isocyanates is 1. The van der Waals surface area contributed by atoms with Crippen LogP contribution in [0.2, 0.25) is 0 Å². The number of para-hydroxylation sites is 1. The summed E-state index contributed by atoms with van der Waals surface area (Å²) in [4.78, 5) is 13.8. The maximum Gasteiger partial charge on any atom is 0.240 e. The van der Waals surface area contributed by atoms with Gasteiger partial charge in [0.15, 0.2) is 0 Å². The maximum absolute atomic E-state index is 10.2. The first kappa shape index (κ1) is 10.7. The molecule has 74 valence electrons. The van der Waals surface area contributed by atoms with Gasteiger partial charge in [0.2, 0.25) is 6.08 Å². The molecule has 0 saturated carbocycles. The van der Waals surface area contributed by atoms with Crippen LogP contribution >= 0.6 is 0 Å². The lowest BCUT2D eigenvalue weighted by atomic mass is 10.1. The predicted molar refractivity (Wildman–Crippen MR) is 57.5 cm³/mol. The van der Waals surface area contributed by atoms with Crippen molar-refractivity contribution in [2.24, 2.45) is 4.99 Å². The lowest BCUT2D eigenvalue weighted by Crippen LogP contribution is -1.85. The average molecular weight is 189 g/mol. The van der Waals surface area contributed by atoms with Crippen molar-refractivity contribution in [1.29, 1.82) is 0 Å². The molecule has 2 nitrogen and oxygen atoms in total. The molecule has 0 amide bonds. The van der Waals surface area contributed by atoms with Crippen LogP contribution < -0.4 is 0 Å². The number of aliphatic imine (C=N–C) groups is 1. The van der Waals surface area contributed by atoms with E-state index in [-0.39, 0.29) is 0 Å². The van der Waals surface area contributed by atoms with Crippen LogP contribution in [-0.2, 0) is 11.2 Å². The number of nitrogens with zero attached hydrogens (tertiary/aromatic N) is 1. The average Bonchev–Trinajstić information content (AvgIpc) is 2.21. The summed E-state index contributed by atoms with van der Waals surface area (Å²) in [6.07, 6.45) is 6.17. The number of hydrogen-bond acceptors (Lipinski definition) is 2. The van der Waals surface area contributed by atoms with Gasteiger partial charge in [0.1, 0.15) is 0 Å². The maximum atomic E-state index is 10.2. The molecule has 2 heteroatoms. The molecule has 0 radical (unpaired) electrons. The van der Waals surface area contributed by atoms with Gasteiger partial charge in [0.05, 0.1) is 5.69 Å². The molecular weight excluding hydrogens is 174 g/mol. The van der Waals surface area contributed by atoms with E-state index >= 15 is 0 Å². The molecular formula is C12H15NO. The molecule has 1 aromatic carbocycles. The minimum Gasteiger partial charge on any atom is -0.211 e. The van der Waals surface area contributed by atoms with Gasteiger partial charge in [-0.3, -0.25) is 0 Å². The van der Waals surface area contributed by atoms with E-state index in [0.29, 0.717) is 0 Å². The first-order valence-corrected chi connectivity index (χ1v) is 5.04. The van der Waals surface area contributed by atoms with Gasteiger partial charge in [-0.2, -0.15) is 4.99 Å². The highest BCUT2D eigenvalue weighted by Gasteiger charge is 1.99. The number of aryl methyl sites for hydroxylation is 1. The van der Waals surface area contributed by atoms with Crippen molar-refractivity contribution >= 4 is 11.8 Å². The van der Waals surface area contributed by atoms with Gasteiger partial charge in [-0.15, -0.1) is 0 Å². The van der Waals surface area contributed by atoms with Crippen LogP contribution in [0.5, 0.6) is 0 Å². The van der Waals surface area contributed by atoms with Crippen LogP contribution in [0.3, 0.4) is 0 Å². The van der Waals surface area contributed by atoms with Crippen molar-refractivity contribution in [1.82, 2.24) is 0 Å². The summed E-state index contributed by atoms with van der Waals surface area (Å²) in [6, 6.07) is 7.74. The van der Waals surface area contributed by atoms with Crippen molar-refractivity contribution in [3.8, 4) is 0 Å². The molecule has 0 N–H and O–H groups in total. The van der Waals surface area contributed by atoms with Gasteiger partial charge >= 0.3 is 0 Å². The van der Waals surface area contributed by atoms with E-state index in [0.717, 1.165) is 24.1 Å². The number of benzene rings is 1. The highest BCUT2D eigenvalue weighted by atomic mass is 16.1. The summed E-state index contributed by atoms with van der Waals surface area (Å²) in [5, 5.41) is 0.